The molecule has 4 saturated carbocycles. The van der Waals surface area contributed by atoms with Crippen LogP contribution in [0, 0.1) is 17.8 Å². The fraction of sp³-hybridized carbons (Fsp3) is 0.524. The summed E-state index contributed by atoms with van der Waals surface area (Å²) in [4.78, 5) is 19.6. The lowest BCUT2D eigenvalue weighted by Gasteiger charge is -2.55. The van der Waals surface area contributed by atoms with Gasteiger partial charge in [-0.2, -0.15) is 0 Å². The first kappa shape index (κ1) is 16.8. The summed E-state index contributed by atoms with van der Waals surface area (Å²) in [5.41, 5.74) is 0.721. The van der Waals surface area contributed by atoms with Gasteiger partial charge in [0.25, 0.3) is 10.8 Å². The molecule has 0 radical (unpaired) electrons. The minimum Gasteiger partial charge on any atom is -0.415 e. The first-order chi connectivity index (χ1) is 13.7. The molecule has 28 heavy (non-hydrogen) atoms. The summed E-state index contributed by atoms with van der Waals surface area (Å²) >= 11 is 1.44. The van der Waals surface area contributed by atoms with Gasteiger partial charge >= 0.3 is 0 Å². The van der Waals surface area contributed by atoms with Crippen molar-refractivity contribution in [2.75, 3.05) is 0 Å². The van der Waals surface area contributed by atoms with E-state index in [-0.39, 0.29) is 11.0 Å². The van der Waals surface area contributed by atoms with Gasteiger partial charge in [-0.05, 0) is 68.4 Å². The third-order valence-electron chi connectivity index (χ3n) is 6.89. The van der Waals surface area contributed by atoms with E-state index in [0.717, 1.165) is 23.6 Å². The molecule has 6 nitrogen and oxygen atoms in total. The van der Waals surface area contributed by atoms with Crippen LogP contribution in [0.2, 0.25) is 0 Å². The van der Waals surface area contributed by atoms with Crippen molar-refractivity contribution in [1.82, 2.24) is 20.2 Å². The Kier molecular flexibility index (Phi) is 3.70. The molecule has 1 aromatic carbocycles. The van der Waals surface area contributed by atoms with E-state index in [1.54, 1.807) is 6.07 Å². The molecule has 0 unspecified atom stereocenters. The van der Waals surface area contributed by atoms with E-state index in [4.69, 9.17) is 4.42 Å². The second kappa shape index (κ2) is 6.17. The third kappa shape index (κ3) is 2.70. The Bertz CT molecular complexity index is 1070. The topological polar surface area (TPSA) is 84.7 Å². The molecule has 0 amide bonds. The Morgan fingerprint density at radius 3 is 2.54 bits per heavy atom. The van der Waals surface area contributed by atoms with Gasteiger partial charge in [0.05, 0.1) is 16.7 Å². The van der Waals surface area contributed by atoms with Crippen molar-refractivity contribution in [2.45, 2.75) is 54.9 Å². The zero-order valence-corrected chi connectivity index (χ0v) is 16.4. The SMILES string of the molecule is O=c1[nH]c(CSc2nnc(C34CC5CC(CC(C5)C3)C4)o2)nc2ccccc12. The molecule has 7 heteroatoms. The average Bonchev–Trinajstić information content (AvgIpc) is 3.15. The number of fused-ring (bicyclic) bond motifs is 1. The first-order valence-electron chi connectivity index (χ1n) is 10.1. The van der Waals surface area contributed by atoms with Gasteiger partial charge in [0.2, 0.25) is 5.89 Å². The normalized spacial score (nSPS) is 30.9. The fourth-order valence-corrected chi connectivity index (χ4v) is 6.82. The second-order valence-electron chi connectivity index (χ2n) is 8.89. The molecule has 0 atom stereocenters. The Morgan fingerprint density at radius 1 is 1.07 bits per heavy atom. The maximum Gasteiger partial charge on any atom is 0.277 e. The van der Waals surface area contributed by atoms with E-state index in [1.807, 2.05) is 18.2 Å². The van der Waals surface area contributed by atoms with E-state index in [0.29, 0.717) is 27.7 Å². The summed E-state index contributed by atoms with van der Waals surface area (Å²) in [5.74, 6) is 4.52. The van der Waals surface area contributed by atoms with Crippen LogP contribution in [0.3, 0.4) is 0 Å². The molecule has 1 N–H and O–H groups in total. The van der Waals surface area contributed by atoms with E-state index >= 15 is 0 Å². The van der Waals surface area contributed by atoms with Crippen LogP contribution < -0.4 is 5.56 Å². The highest BCUT2D eigenvalue weighted by atomic mass is 32.2. The van der Waals surface area contributed by atoms with Crippen LogP contribution in [-0.4, -0.2) is 20.2 Å². The van der Waals surface area contributed by atoms with Crippen molar-refractivity contribution in [1.29, 1.82) is 0 Å². The number of nitrogens with zero attached hydrogens (tertiary/aromatic N) is 3. The number of thioether (sulfide) groups is 1. The fourth-order valence-electron chi connectivity index (χ4n) is 6.19. The number of hydrogen-bond donors (Lipinski definition) is 1. The highest BCUT2D eigenvalue weighted by Crippen LogP contribution is 2.60. The molecule has 4 aliphatic rings. The molecule has 7 rings (SSSR count). The third-order valence-corrected chi connectivity index (χ3v) is 7.72. The van der Waals surface area contributed by atoms with Crippen molar-refractivity contribution in [2.24, 2.45) is 17.8 Å². The first-order valence-corrected chi connectivity index (χ1v) is 11.1. The van der Waals surface area contributed by atoms with Crippen LogP contribution in [-0.2, 0) is 11.2 Å². The summed E-state index contributed by atoms with van der Waals surface area (Å²) < 4.78 is 6.13. The highest BCUT2D eigenvalue weighted by Gasteiger charge is 2.54. The lowest BCUT2D eigenvalue weighted by molar-refractivity contribution is -0.0191. The van der Waals surface area contributed by atoms with Crippen molar-refractivity contribution >= 4 is 22.7 Å². The quantitative estimate of drug-likeness (QED) is 0.672. The van der Waals surface area contributed by atoms with Gasteiger partial charge in [0, 0.05) is 5.41 Å². The van der Waals surface area contributed by atoms with E-state index in [9.17, 15) is 4.79 Å². The lowest BCUT2D eigenvalue weighted by Crippen LogP contribution is -2.48. The lowest BCUT2D eigenvalue weighted by atomic mass is 9.49. The maximum absolute atomic E-state index is 12.2. The second-order valence-corrected chi connectivity index (χ2v) is 9.82. The predicted octanol–water partition coefficient (Wildman–Crippen LogP) is 4.07. The van der Waals surface area contributed by atoms with Crippen LogP contribution in [0.5, 0.6) is 0 Å². The van der Waals surface area contributed by atoms with Gasteiger partial charge < -0.3 is 9.40 Å². The van der Waals surface area contributed by atoms with Crippen molar-refractivity contribution < 1.29 is 4.42 Å². The van der Waals surface area contributed by atoms with E-state index in [2.05, 4.69) is 20.2 Å². The van der Waals surface area contributed by atoms with E-state index in [1.165, 1.54) is 50.3 Å². The average molecular weight is 395 g/mol. The number of para-hydroxylation sites is 1. The number of aromatic amines is 1. The van der Waals surface area contributed by atoms with Crippen LogP contribution in [0.25, 0.3) is 10.9 Å². The molecule has 0 saturated heterocycles. The van der Waals surface area contributed by atoms with Gasteiger partial charge in [0.1, 0.15) is 5.82 Å². The molecular formula is C21H22N4O2S. The number of hydrogen-bond acceptors (Lipinski definition) is 6. The van der Waals surface area contributed by atoms with Crippen LogP contribution >= 0.6 is 11.8 Å². The summed E-state index contributed by atoms with van der Waals surface area (Å²) in [6, 6.07) is 7.38. The molecule has 2 aromatic heterocycles. The number of H-pyrrole nitrogens is 1. The van der Waals surface area contributed by atoms with Crippen molar-refractivity contribution in [3.8, 4) is 0 Å². The number of nitrogens with one attached hydrogen (secondary N) is 1. The summed E-state index contributed by atoms with van der Waals surface area (Å²) in [6.45, 7) is 0. The molecule has 4 fully saturated rings. The number of rotatable bonds is 4. The summed E-state index contributed by atoms with van der Waals surface area (Å²) in [5, 5.41) is 9.94. The molecule has 0 spiro atoms. The van der Waals surface area contributed by atoms with Crippen LogP contribution in [0.1, 0.15) is 50.2 Å². The number of aromatic nitrogens is 4. The maximum atomic E-state index is 12.2. The smallest absolute Gasteiger partial charge is 0.277 e. The zero-order chi connectivity index (χ0) is 18.7. The van der Waals surface area contributed by atoms with Crippen LogP contribution in [0.15, 0.2) is 38.7 Å². The largest absolute Gasteiger partial charge is 0.415 e. The van der Waals surface area contributed by atoms with E-state index < -0.39 is 0 Å². The van der Waals surface area contributed by atoms with Crippen molar-refractivity contribution in [3.63, 3.8) is 0 Å². The molecule has 3 aromatic rings. The molecular weight excluding hydrogens is 372 g/mol. The molecule has 4 bridgehead atoms. The highest BCUT2D eigenvalue weighted by molar-refractivity contribution is 7.98. The van der Waals surface area contributed by atoms with Crippen LogP contribution in [0.4, 0.5) is 0 Å². The Morgan fingerprint density at radius 2 is 1.79 bits per heavy atom. The Labute approximate surface area is 166 Å². The number of benzene rings is 1. The van der Waals surface area contributed by atoms with Gasteiger partial charge in [-0.25, -0.2) is 4.98 Å². The van der Waals surface area contributed by atoms with Gasteiger partial charge in [-0.1, -0.05) is 23.9 Å². The molecule has 2 heterocycles. The Balaban J connectivity index is 1.22. The zero-order valence-electron chi connectivity index (χ0n) is 15.6. The van der Waals surface area contributed by atoms with Crippen molar-refractivity contribution in [3.05, 3.63) is 46.3 Å². The Hall–Kier alpha value is -2.15. The monoisotopic (exact) mass is 394 g/mol. The predicted molar refractivity (Wildman–Crippen MR) is 106 cm³/mol. The minimum atomic E-state index is -0.110. The standard InChI is InChI=1S/C21H22N4O2S/c26-18-15-3-1-2-4-16(15)22-17(23-18)11-28-20-25-24-19(27-20)21-8-12-5-13(9-21)7-14(6-12)10-21/h1-4,12-14H,5-11H2,(H,22,23,26). The molecule has 144 valence electrons. The minimum absolute atomic E-state index is 0.110. The van der Waals surface area contributed by atoms with Gasteiger partial charge in [-0.3, -0.25) is 4.79 Å². The molecule has 4 aliphatic carbocycles. The summed E-state index contributed by atoms with van der Waals surface area (Å²) in [7, 11) is 0. The van der Waals surface area contributed by atoms with Gasteiger partial charge in [-0.15, -0.1) is 10.2 Å². The molecule has 0 aliphatic heterocycles. The van der Waals surface area contributed by atoms with Gasteiger partial charge in [0.15, 0.2) is 0 Å². The summed E-state index contributed by atoms with van der Waals surface area (Å²) in [6.07, 6.45) is 7.84.